The Hall–Kier alpha value is -0.530. The highest BCUT2D eigenvalue weighted by atomic mass is 16.1. The number of unbranched alkanes of at least 4 members (excludes halogenated alkanes) is 8. The summed E-state index contributed by atoms with van der Waals surface area (Å²) in [5.74, 6) is 1.04. The Morgan fingerprint density at radius 1 is 0.850 bits per heavy atom. The van der Waals surface area contributed by atoms with Gasteiger partial charge in [-0.1, -0.05) is 78.6 Å². The maximum atomic E-state index is 11.6. The molecule has 0 radical (unpaired) electrons. The summed E-state index contributed by atoms with van der Waals surface area (Å²) in [6.07, 6.45) is 14.7. The standard InChI is InChI=1S/C18H37NO/c1-4-5-6-7-8-9-13-16-19-18(20)15-12-10-11-14-17(2)3/h17H,4-16H2,1-3H3,(H,19,20). The van der Waals surface area contributed by atoms with E-state index < -0.39 is 0 Å². The number of carbonyl (C=O) groups excluding carboxylic acids is 1. The zero-order valence-electron chi connectivity index (χ0n) is 14.2. The predicted octanol–water partition coefficient (Wildman–Crippen LogP) is 5.46. The molecule has 0 spiro atoms. The number of hydrogen-bond donors (Lipinski definition) is 1. The molecule has 2 nitrogen and oxygen atoms in total. The van der Waals surface area contributed by atoms with Gasteiger partial charge in [-0.25, -0.2) is 0 Å². The molecule has 0 heterocycles. The van der Waals surface area contributed by atoms with Crippen LogP contribution in [0.2, 0.25) is 0 Å². The Morgan fingerprint density at radius 3 is 2.10 bits per heavy atom. The first-order valence-electron chi connectivity index (χ1n) is 8.93. The predicted molar refractivity (Wildman–Crippen MR) is 88.9 cm³/mol. The molecule has 0 saturated carbocycles. The number of nitrogens with one attached hydrogen (secondary N) is 1. The van der Waals surface area contributed by atoms with E-state index in [0.29, 0.717) is 6.42 Å². The summed E-state index contributed by atoms with van der Waals surface area (Å²) in [5.41, 5.74) is 0. The van der Waals surface area contributed by atoms with E-state index >= 15 is 0 Å². The van der Waals surface area contributed by atoms with Gasteiger partial charge in [0.05, 0.1) is 0 Å². The average molecular weight is 284 g/mol. The third-order valence-corrected chi connectivity index (χ3v) is 3.79. The van der Waals surface area contributed by atoms with Crippen molar-refractivity contribution < 1.29 is 4.79 Å². The molecule has 0 unspecified atom stereocenters. The number of amides is 1. The van der Waals surface area contributed by atoms with Crippen LogP contribution in [0.3, 0.4) is 0 Å². The molecule has 0 aromatic carbocycles. The third-order valence-electron chi connectivity index (χ3n) is 3.79. The van der Waals surface area contributed by atoms with E-state index in [9.17, 15) is 4.79 Å². The number of hydrogen-bond acceptors (Lipinski definition) is 1. The second kappa shape index (κ2) is 14.9. The second-order valence-corrected chi connectivity index (χ2v) is 6.46. The van der Waals surface area contributed by atoms with E-state index in [2.05, 4.69) is 26.1 Å². The molecule has 1 N–H and O–H groups in total. The van der Waals surface area contributed by atoms with E-state index in [1.807, 2.05) is 0 Å². The highest BCUT2D eigenvalue weighted by molar-refractivity contribution is 5.75. The van der Waals surface area contributed by atoms with Crippen LogP contribution in [-0.2, 0) is 4.79 Å². The fraction of sp³-hybridized carbons (Fsp3) is 0.944. The molecule has 0 aromatic heterocycles. The van der Waals surface area contributed by atoms with Crippen molar-refractivity contribution in [2.75, 3.05) is 6.54 Å². The van der Waals surface area contributed by atoms with Crippen LogP contribution < -0.4 is 5.32 Å². The van der Waals surface area contributed by atoms with Crippen molar-refractivity contribution in [3.63, 3.8) is 0 Å². The molecule has 0 aromatic rings. The molecule has 0 bridgehead atoms. The van der Waals surface area contributed by atoms with Crippen molar-refractivity contribution in [3.05, 3.63) is 0 Å². The molecule has 0 aliphatic heterocycles. The minimum absolute atomic E-state index is 0.250. The van der Waals surface area contributed by atoms with Gasteiger partial charge in [0.2, 0.25) is 5.91 Å². The minimum Gasteiger partial charge on any atom is -0.356 e. The Morgan fingerprint density at radius 2 is 1.45 bits per heavy atom. The van der Waals surface area contributed by atoms with Crippen LogP contribution in [0.5, 0.6) is 0 Å². The summed E-state index contributed by atoms with van der Waals surface area (Å²) in [4.78, 5) is 11.6. The second-order valence-electron chi connectivity index (χ2n) is 6.46. The zero-order chi connectivity index (χ0) is 15.1. The summed E-state index contributed by atoms with van der Waals surface area (Å²) >= 11 is 0. The van der Waals surface area contributed by atoms with E-state index in [4.69, 9.17) is 0 Å². The van der Waals surface area contributed by atoms with Gasteiger partial charge in [-0.15, -0.1) is 0 Å². The van der Waals surface area contributed by atoms with Gasteiger partial charge in [0.1, 0.15) is 0 Å². The van der Waals surface area contributed by atoms with Crippen LogP contribution in [0.1, 0.15) is 97.8 Å². The Bertz CT molecular complexity index is 213. The van der Waals surface area contributed by atoms with Crippen LogP contribution >= 0.6 is 0 Å². The largest absolute Gasteiger partial charge is 0.356 e. The van der Waals surface area contributed by atoms with Gasteiger partial charge in [-0.2, -0.15) is 0 Å². The molecular weight excluding hydrogens is 246 g/mol. The fourth-order valence-corrected chi connectivity index (χ4v) is 2.41. The van der Waals surface area contributed by atoms with Crippen LogP contribution in [-0.4, -0.2) is 12.5 Å². The van der Waals surface area contributed by atoms with Gasteiger partial charge in [0.25, 0.3) is 0 Å². The van der Waals surface area contributed by atoms with Gasteiger partial charge in [0.15, 0.2) is 0 Å². The van der Waals surface area contributed by atoms with Crippen LogP contribution in [0.15, 0.2) is 0 Å². The third kappa shape index (κ3) is 15.5. The van der Waals surface area contributed by atoms with Crippen molar-refractivity contribution in [2.45, 2.75) is 97.8 Å². The average Bonchev–Trinajstić information content (AvgIpc) is 2.41. The molecule has 20 heavy (non-hydrogen) atoms. The first kappa shape index (κ1) is 19.5. The van der Waals surface area contributed by atoms with Crippen molar-refractivity contribution in [2.24, 2.45) is 5.92 Å². The SMILES string of the molecule is CCCCCCCCCNC(=O)CCCCCC(C)C. The molecule has 0 rings (SSSR count). The topological polar surface area (TPSA) is 29.1 Å². The van der Waals surface area contributed by atoms with Gasteiger partial charge in [-0.05, 0) is 18.8 Å². The summed E-state index contributed by atoms with van der Waals surface area (Å²) in [7, 11) is 0. The molecule has 0 fully saturated rings. The van der Waals surface area contributed by atoms with Crippen molar-refractivity contribution in [1.82, 2.24) is 5.32 Å². The molecule has 0 saturated heterocycles. The summed E-state index contributed by atoms with van der Waals surface area (Å²) in [6, 6.07) is 0. The quantitative estimate of drug-likeness (QED) is 0.421. The lowest BCUT2D eigenvalue weighted by atomic mass is 10.0. The first-order valence-corrected chi connectivity index (χ1v) is 8.93. The lowest BCUT2D eigenvalue weighted by molar-refractivity contribution is -0.121. The lowest BCUT2D eigenvalue weighted by Crippen LogP contribution is -2.23. The van der Waals surface area contributed by atoms with Gasteiger partial charge in [0, 0.05) is 13.0 Å². The normalized spacial score (nSPS) is 11.0. The van der Waals surface area contributed by atoms with Gasteiger partial charge < -0.3 is 5.32 Å². The Kier molecular flexibility index (Phi) is 14.5. The van der Waals surface area contributed by atoms with Crippen LogP contribution in [0.4, 0.5) is 0 Å². The Labute approximate surface area is 127 Å². The molecule has 0 aliphatic rings. The van der Waals surface area contributed by atoms with Crippen LogP contribution in [0, 0.1) is 5.92 Å². The Balaban J connectivity index is 3.16. The van der Waals surface area contributed by atoms with Crippen LogP contribution in [0.25, 0.3) is 0 Å². The molecule has 2 heteroatoms. The maximum absolute atomic E-state index is 11.6. The summed E-state index contributed by atoms with van der Waals surface area (Å²) in [5, 5.41) is 3.05. The van der Waals surface area contributed by atoms with E-state index in [-0.39, 0.29) is 5.91 Å². The molecule has 1 amide bonds. The van der Waals surface area contributed by atoms with Crippen molar-refractivity contribution in [3.8, 4) is 0 Å². The van der Waals surface area contributed by atoms with Crippen molar-refractivity contribution >= 4 is 5.91 Å². The van der Waals surface area contributed by atoms with E-state index in [1.165, 1.54) is 57.8 Å². The number of carbonyl (C=O) groups is 1. The van der Waals surface area contributed by atoms with E-state index in [0.717, 1.165) is 25.3 Å². The van der Waals surface area contributed by atoms with Crippen molar-refractivity contribution in [1.29, 1.82) is 0 Å². The molecule has 0 atom stereocenters. The van der Waals surface area contributed by atoms with Gasteiger partial charge >= 0.3 is 0 Å². The summed E-state index contributed by atoms with van der Waals surface area (Å²) in [6.45, 7) is 7.64. The monoisotopic (exact) mass is 283 g/mol. The molecule has 120 valence electrons. The summed E-state index contributed by atoms with van der Waals surface area (Å²) < 4.78 is 0. The van der Waals surface area contributed by atoms with E-state index in [1.54, 1.807) is 0 Å². The maximum Gasteiger partial charge on any atom is 0.219 e. The zero-order valence-corrected chi connectivity index (χ0v) is 14.2. The molecular formula is C18H37NO. The highest BCUT2D eigenvalue weighted by Crippen LogP contribution is 2.09. The number of rotatable bonds is 14. The lowest BCUT2D eigenvalue weighted by Gasteiger charge is -2.06. The minimum atomic E-state index is 0.250. The molecule has 0 aliphatic carbocycles. The smallest absolute Gasteiger partial charge is 0.219 e. The fourth-order valence-electron chi connectivity index (χ4n) is 2.41. The van der Waals surface area contributed by atoms with Gasteiger partial charge in [-0.3, -0.25) is 4.79 Å². The highest BCUT2D eigenvalue weighted by Gasteiger charge is 2.01. The first-order chi connectivity index (χ1) is 9.66.